The Balaban J connectivity index is 0. The lowest BCUT2D eigenvalue weighted by atomic mass is 11.4. The van der Waals surface area contributed by atoms with E-state index in [0.29, 0.717) is 0 Å². The van der Waals surface area contributed by atoms with Gasteiger partial charge in [-0.05, 0) is 0 Å². The molecule has 0 aliphatic carbocycles. The van der Waals surface area contributed by atoms with E-state index in [0.717, 1.165) is 0 Å². The minimum absolute atomic E-state index is 1.50. The van der Waals surface area contributed by atoms with E-state index >= 15 is 0 Å². The van der Waals surface area contributed by atoms with Gasteiger partial charge in [0, 0.05) is 0 Å². The van der Waals surface area contributed by atoms with E-state index in [4.69, 9.17) is 6.70 Å². The van der Waals surface area contributed by atoms with Crippen LogP contribution in [0.1, 0.15) is 1.37 Å². The first-order chi connectivity index (χ1) is 3.15. The molecule has 0 unspecified atom stereocenters. The van der Waals surface area contributed by atoms with Gasteiger partial charge in [0.05, 0.1) is 0 Å². The summed E-state index contributed by atoms with van der Waals surface area (Å²) in [5, 5.41) is 0. The third kappa shape index (κ3) is 162000. The minimum Gasteiger partial charge on any atom is -0.460 e. The van der Waals surface area contributed by atoms with Crippen molar-refractivity contribution in [2.24, 2.45) is 0 Å². The molecule has 0 bridgehead atoms. The fraction of sp³-hybridized carbons (Fsp3) is 0. The second kappa shape index (κ2) is 35.6. The maximum Gasteiger partial charge on any atom is 0.124 e. The molecule has 0 radical (unpaired) electrons. The Morgan fingerprint density at radius 2 is 2.40 bits per heavy atom. The Hall–Kier alpha value is 0.01000. The number of hydrogen-bond acceptors (Lipinski definition) is 2. The molecular formula is C2H4OPS-. The quantitative estimate of drug-likeness (QED) is 0.192. The molecule has 0 rings (SSSR count). The molecule has 0 spiro atoms. The van der Waals surface area contributed by atoms with Crippen LogP contribution in [0.3, 0.4) is 0 Å². The van der Waals surface area contributed by atoms with Crippen LogP contribution >= 0.6 is 8.02 Å². The normalized spacial score (nSPS) is 8.80. The lowest BCUT2D eigenvalue weighted by Gasteiger charge is -1.32. The van der Waals surface area contributed by atoms with Crippen LogP contribution < -0.4 is 0 Å². The average Bonchev–Trinajstić information content (AvgIpc) is 1.33. The fourth-order valence-corrected chi connectivity index (χ4v) is 0. The molecule has 3 heteroatoms. The smallest absolute Gasteiger partial charge is 0.124 e. The van der Waals surface area contributed by atoms with Gasteiger partial charge in [-0.3, -0.25) is 10.7 Å². The largest absolute Gasteiger partial charge is 0.460 e. The van der Waals surface area contributed by atoms with Gasteiger partial charge in [0.25, 0.3) is 0 Å². The van der Waals surface area contributed by atoms with Gasteiger partial charge < -0.3 is 4.21 Å². The van der Waals surface area contributed by atoms with Gasteiger partial charge in [-0.25, -0.2) is 8.02 Å². The lowest BCUT2D eigenvalue weighted by molar-refractivity contribution is 0.612. The first-order valence-corrected chi connectivity index (χ1v) is 2.63. The average molecular weight is 111 g/mol. The molecule has 5 heavy (non-hydrogen) atoms. The Kier molecular flexibility index (Phi) is 22.9. The maximum atomic E-state index is 9.14. The van der Waals surface area contributed by atoms with Crippen molar-refractivity contribution in [1.29, 1.82) is 1.12 Å². The Labute approximate surface area is 39.2 Å². The van der Waals surface area contributed by atoms with Crippen LogP contribution in [-0.4, -0.2) is 1.12 Å². The van der Waals surface area contributed by atoms with E-state index in [1.54, 1.807) is 0 Å². The first-order valence-electron chi connectivity index (χ1n) is 1.57. The van der Waals surface area contributed by atoms with Gasteiger partial charge in [0.15, 0.2) is 0 Å². The van der Waals surface area contributed by atoms with Gasteiger partial charge >= 0.3 is 0 Å². The van der Waals surface area contributed by atoms with Gasteiger partial charge in [-0.2, -0.15) is 0 Å². The topological polar surface area (TPSA) is 17.1 Å². The molecule has 0 saturated carbocycles. The molecule has 0 aliphatic heterocycles. The van der Waals surface area contributed by atoms with E-state index in [-0.39, 0.29) is 0 Å². The third-order valence-corrected chi connectivity index (χ3v) is 0. The summed E-state index contributed by atoms with van der Waals surface area (Å²) in [6.45, 7) is 0. The van der Waals surface area contributed by atoms with Crippen LogP contribution in [0.25, 0.3) is 0 Å². The Morgan fingerprint density at radius 1 is 2.40 bits per heavy atom. The summed E-state index contributed by atoms with van der Waals surface area (Å²) in [5.41, 5.74) is 0. The summed E-state index contributed by atoms with van der Waals surface area (Å²) in [6.07, 6.45) is 5.76. The van der Waals surface area contributed by atoms with E-state index in [1.165, 1.54) is 6.40 Å². The number of thiol groups is 1. The molecule has 0 aromatic carbocycles. The van der Waals surface area contributed by atoms with Crippen molar-refractivity contribution in [2.45, 2.75) is 0 Å². The minimum atomic E-state index is -1.56. The highest BCUT2D eigenvalue weighted by atomic mass is 32.4. The highest BCUT2D eigenvalue weighted by Crippen LogP contribution is 1.35. The predicted molar refractivity (Wildman–Crippen MR) is 27.7 cm³/mol. The highest BCUT2D eigenvalue weighted by Gasteiger charge is 0.698. The zero-order valence-electron chi connectivity index (χ0n) is 4.39. The summed E-state index contributed by atoms with van der Waals surface area (Å²) in [7, 11) is 0.895. The molecule has 0 amide bonds. The predicted octanol–water partition coefficient (Wildman–Crippen LogP) is 0.454. The molecule has 0 saturated heterocycles. The van der Waals surface area contributed by atoms with Crippen LogP contribution in [0.5, 0.6) is 0 Å². The van der Waals surface area contributed by atoms with Crippen molar-refractivity contribution in [3.8, 4) is 12.8 Å². The highest BCUT2D eigenvalue weighted by molar-refractivity contribution is 7.93. The van der Waals surface area contributed by atoms with E-state index in [1.807, 2.05) is 0 Å². The molecule has 0 fully saturated rings. The summed E-state index contributed by atoms with van der Waals surface area (Å²) < 4.78 is 20.8. The van der Waals surface area contributed by atoms with Gasteiger partial charge in [-0.1, -0.05) is 1.12 Å². The summed E-state index contributed by atoms with van der Waals surface area (Å²) in [5.74, 6) is 0. The van der Waals surface area contributed by atoms with Crippen molar-refractivity contribution >= 4 is 18.8 Å². The molecule has 0 aromatic rings. The summed E-state index contributed by atoms with van der Waals surface area (Å²) in [6, 6.07) is 0. The maximum absolute atomic E-state index is 9.14. The molecule has 1 nitrogen and oxygen atoms in total. The molecule has 0 aliphatic rings. The second-order valence-corrected chi connectivity index (χ2v) is 0.750. The molecular weight excluding hydrogens is 103 g/mol. The van der Waals surface area contributed by atoms with Crippen LogP contribution in [0.15, 0.2) is 0 Å². The number of terminal acetylenes is 1. The molecule has 0 atom stereocenters. The standard InChI is InChI=1S/C2H2.H2OPS/c1-2;1-3-2/h1-2H;2-3H/q;-1/i1T;3T. The van der Waals surface area contributed by atoms with Crippen molar-refractivity contribution in [1.82, 2.24) is 0 Å². The van der Waals surface area contributed by atoms with Crippen molar-refractivity contribution < 1.29 is 5.58 Å². The monoisotopic (exact) mass is 111 g/mol. The van der Waals surface area contributed by atoms with Crippen molar-refractivity contribution in [3.05, 3.63) is 0 Å². The van der Waals surface area contributed by atoms with Crippen molar-refractivity contribution in [3.63, 3.8) is 0 Å². The zero-order chi connectivity index (χ0) is 6.28. The lowest BCUT2D eigenvalue weighted by Crippen LogP contribution is -0.913. The number of rotatable bonds is 0. The molecule has 0 N–H and O–H groups in total. The fourth-order valence-electron chi connectivity index (χ4n) is 0. The summed E-state index contributed by atoms with van der Waals surface area (Å²) in [4.78, 5) is 0. The molecule has 30 valence electrons. The SMILES string of the molecule is [3H]C#C.[3H][S-](=O)=P. The molecule has 0 aromatic heterocycles. The van der Waals surface area contributed by atoms with Crippen LogP contribution in [0.2, 0.25) is 0 Å². The Bertz CT molecular complexity index is 116. The number of hydrogen-bond donors (Lipinski definition) is 0. The second-order valence-electron chi connectivity index (χ2n) is 0.0833. The Morgan fingerprint density at radius 3 is 2.40 bits per heavy atom. The van der Waals surface area contributed by atoms with E-state index in [2.05, 4.69) is 14.4 Å². The van der Waals surface area contributed by atoms with Crippen LogP contribution in [0.4, 0.5) is 0 Å². The zero-order valence-corrected chi connectivity index (χ0v) is 4.21. The molecule has 0 heterocycles. The third-order valence-electron chi connectivity index (χ3n) is 0. The van der Waals surface area contributed by atoms with Gasteiger partial charge in [0.1, 0.15) is 1.37 Å². The first kappa shape index (κ1) is 3.21. The van der Waals surface area contributed by atoms with Gasteiger partial charge in [-0.15, -0.1) is 12.8 Å². The van der Waals surface area contributed by atoms with Crippen LogP contribution in [-0.2, 0) is 15.0 Å². The van der Waals surface area contributed by atoms with Crippen LogP contribution in [0, 0.1) is 12.8 Å². The van der Waals surface area contributed by atoms with Crippen molar-refractivity contribution in [2.75, 3.05) is 0 Å². The summed E-state index contributed by atoms with van der Waals surface area (Å²) >= 11 is 0. The van der Waals surface area contributed by atoms with Gasteiger partial charge in [0.2, 0.25) is 0 Å². The van der Waals surface area contributed by atoms with E-state index in [9.17, 15) is 0 Å². The van der Waals surface area contributed by atoms with E-state index < -0.39 is 10.7 Å².